The maximum Gasteiger partial charge on any atom is 0.210 e. The second kappa shape index (κ2) is 7.04. The number of nitrogens with zero attached hydrogens (tertiary/aromatic N) is 3. The van der Waals surface area contributed by atoms with E-state index in [1.54, 1.807) is 17.3 Å². The molecular weight excluding hydrogens is 324 g/mol. The van der Waals surface area contributed by atoms with Crippen LogP contribution in [0.15, 0.2) is 29.9 Å². The third-order valence-corrected chi connectivity index (χ3v) is 4.55. The maximum absolute atomic E-state index is 11.4. The molecule has 0 bridgehead atoms. The third-order valence-electron chi connectivity index (χ3n) is 3.55. The van der Waals surface area contributed by atoms with Gasteiger partial charge in [0.25, 0.3) is 0 Å². The molecular formula is C14H15ClN4O2S. The Morgan fingerprint density at radius 2 is 2.50 bits per heavy atom. The molecule has 8 heteroatoms. The number of thiazole rings is 1. The van der Waals surface area contributed by atoms with Crippen molar-refractivity contribution in [1.82, 2.24) is 20.2 Å². The van der Waals surface area contributed by atoms with E-state index in [-0.39, 0.29) is 12.1 Å². The summed E-state index contributed by atoms with van der Waals surface area (Å²) in [6.07, 6.45) is 4.20. The predicted octanol–water partition coefficient (Wildman–Crippen LogP) is 1.74. The average molecular weight is 339 g/mol. The Morgan fingerprint density at radius 1 is 1.59 bits per heavy atom. The van der Waals surface area contributed by atoms with Gasteiger partial charge >= 0.3 is 0 Å². The van der Waals surface area contributed by atoms with Crippen molar-refractivity contribution in [3.63, 3.8) is 0 Å². The molecule has 3 rings (SSSR count). The van der Waals surface area contributed by atoms with Gasteiger partial charge in [0.05, 0.1) is 24.0 Å². The van der Waals surface area contributed by atoms with Crippen molar-refractivity contribution < 1.29 is 9.53 Å². The topological polar surface area (TPSA) is 67.4 Å². The van der Waals surface area contributed by atoms with Crippen molar-refractivity contribution in [3.05, 3.63) is 40.1 Å². The standard InChI is InChI=1S/C14H15ClN4O2S/c15-14-18-11(8-22-14)13-12(19(9-20)5-4-17-13)7-21-10-2-1-3-16-6-10/h1-3,6,8-9,12-13,17H,4-5,7H2. The Balaban J connectivity index is 1.76. The van der Waals surface area contributed by atoms with Crippen molar-refractivity contribution in [2.45, 2.75) is 12.1 Å². The largest absolute Gasteiger partial charge is 0.490 e. The van der Waals surface area contributed by atoms with E-state index in [0.29, 0.717) is 29.9 Å². The van der Waals surface area contributed by atoms with E-state index in [2.05, 4.69) is 15.3 Å². The number of pyridine rings is 1. The van der Waals surface area contributed by atoms with Crippen LogP contribution >= 0.6 is 22.9 Å². The molecule has 3 heterocycles. The lowest BCUT2D eigenvalue weighted by Gasteiger charge is -2.39. The summed E-state index contributed by atoms with van der Waals surface area (Å²) in [5, 5.41) is 5.30. The minimum Gasteiger partial charge on any atom is -0.490 e. The lowest BCUT2D eigenvalue weighted by Crippen LogP contribution is -2.55. The molecule has 22 heavy (non-hydrogen) atoms. The van der Waals surface area contributed by atoms with E-state index in [9.17, 15) is 4.79 Å². The highest BCUT2D eigenvalue weighted by molar-refractivity contribution is 7.13. The van der Waals surface area contributed by atoms with E-state index in [4.69, 9.17) is 16.3 Å². The maximum atomic E-state index is 11.4. The fourth-order valence-electron chi connectivity index (χ4n) is 2.49. The van der Waals surface area contributed by atoms with Gasteiger partial charge in [-0.2, -0.15) is 0 Å². The average Bonchev–Trinajstić information content (AvgIpc) is 3.00. The molecule has 1 fully saturated rings. The molecule has 0 radical (unpaired) electrons. The number of amides is 1. The summed E-state index contributed by atoms with van der Waals surface area (Å²) in [7, 11) is 0. The van der Waals surface area contributed by atoms with E-state index in [1.165, 1.54) is 11.3 Å². The number of ether oxygens (including phenoxy) is 1. The highest BCUT2D eigenvalue weighted by Gasteiger charge is 2.33. The molecule has 1 saturated heterocycles. The number of hydrogen-bond acceptors (Lipinski definition) is 6. The van der Waals surface area contributed by atoms with Crippen molar-refractivity contribution >= 4 is 29.3 Å². The van der Waals surface area contributed by atoms with Crippen LogP contribution in [-0.4, -0.2) is 47.0 Å². The molecule has 0 saturated carbocycles. The number of hydrogen-bond donors (Lipinski definition) is 1. The molecule has 0 aromatic carbocycles. The normalized spacial score (nSPS) is 21.6. The lowest BCUT2D eigenvalue weighted by molar-refractivity contribution is -0.122. The summed E-state index contributed by atoms with van der Waals surface area (Å²) >= 11 is 7.31. The first-order valence-corrected chi connectivity index (χ1v) is 8.12. The lowest BCUT2D eigenvalue weighted by atomic mass is 10.0. The number of halogens is 1. The first kappa shape index (κ1) is 15.2. The van der Waals surface area contributed by atoms with Crippen molar-refractivity contribution in [2.24, 2.45) is 0 Å². The van der Waals surface area contributed by atoms with Gasteiger partial charge in [-0.1, -0.05) is 11.6 Å². The van der Waals surface area contributed by atoms with Crippen molar-refractivity contribution in [3.8, 4) is 5.75 Å². The van der Waals surface area contributed by atoms with Crippen LogP contribution in [0, 0.1) is 0 Å². The van der Waals surface area contributed by atoms with Gasteiger partial charge in [0.15, 0.2) is 4.47 Å². The fraction of sp³-hybridized carbons (Fsp3) is 0.357. The molecule has 116 valence electrons. The summed E-state index contributed by atoms with van der Waals surface area (Å²) in [5.74, 6) is 0.675. The first-order chi connectivity index (χ1) is 10.8. The summed E-state index contributed by atoms with van der Waals surface area (Å²) in [4.78, 5) is 21.4. The van der Waals surface area contributed by atoms with Gasteiger partial charge < -0.3 is 15.0 Å². The smallest absolute Gasteiger partial charge is 0.210 e. The molecule has 6 nitrogen and oxygen atoms in total. The summed E-state index contributed by atoms with van der Waals surface area (Å²) in [5.41, 5.74) is 0.835. The summed E-state index contributed by atoms with van der Waals surface area (Å²) in [6, 6.07) is 3.40. The molecule has 2 unspecified atom stereocenters. The molecule has 1 aliphatic heterocycles. The van der Waals surface area contributed by atoms with Crippen LogP contribution in [0.4, 0.5) is 0 Å². The number of piperazine rings is 1. The molecule has 1 aliphatic rings. The molecule has 2 atom stereocenters. The predicted molar refractivity (Wildman–Crippen MR) is 84.2 cm³/mol. The van der Waals surface area contributed by atoms with Crippen LogP contribution in [0.1, 0.15) is 11.7 Å². The van der Waals surface area contributed by atoms with Gasteiger partial charge in [0, 0.05) is 24.7 Å². The van der Waals surface area contributed by atoms with Crippen LogP contribution in [0.2, 0.25) is 4.47 Å². The van der Waals surface area contributed by atoms with Crippen LogP contribution in [0.3, 0.4) is 0 Å². The zero-order chi connectivity index (χ0) is 15.4. The minimum absolute atomic E-state index is 0.0978. The Hall–Kier alpha value is -1.70. The molecule has 2 aromatic heterocycles. The van der Waals surface area contributed by atoms with Gasteiger partial charge in [0.2, 0.25) is 6.41 Å². The summed E-state index contributed by atoms with van der Waals surface area (Å²) in [6.45, 7) is 1.71. The van der Waals surface area contributed by atoms with Gasteiger partial charge in [-0.15, -0.1) is 11.3 Å². The van der Waals surface area contributed by atoms with Gasteiger partial charge in [-0.3, -0.25) is 9.78 Å². The van der Waals surface area contributed by atoms with Crippen molar-refractivity contribution in [1.29, 1.82) is 0 Å². The van der Waals surface area contributed by atoms with Crippen LogP contribution in [0.5, 0.6) is 5.75 Å². The van der Waals surface area contributed by atoms with Gasteiger partial charge in [0.1, 0.15) is 12.4 Å². The minimum atomic E-state index is -0.148. The molecule has 0 aliphatic carbocycles. The Kier molecular flexibility index (Phi) is 4.87. The van der Waals surface area contributed by atoms with E-state index in [0.717, 1.165) is 12.1 Å². The fourth-order valence-corrected chi connectivity index (χ4v) is 3.29. The molecule has 1 N–H and O–H groups in total. The van der Waals surface area contributed by atoms with E-state index in [1.807, 2.05) is 17.5 Å². The Labute approximate surface area is 137 Å². The zero-order valence-corrected chi connectivity index (χ0v) is 13.3. The molecule has 0 spiro atoms. The summed E-state index contributed by atoms with van der Waals surface area (Å²) < 4.78 is 6.27. The van der Waals surface area contributed by atoms with E-state index < -0.39 is 0 Å². The highest BCUT2D eigenvalue weighted by Crippen LogP contribution is 2.27. The van der Waals surface area contributed by atoms with Gasteiger partial charge in [-0.25, -0.2) is 4.98 Å². The van der Waals surface area contributed by atoms with Crippen LogP contribution in [0.25, 0.3) is 0 Å². The quantitative estimate of drug-likeness (QED) is 0.841. The monoisotopic (exact) mass is 338 g/mol. The SMILES string of the molecule is O=CN1CCNC(c2csc(Cl)n2)C1COc1cccnc1. The Morgan fingerprint density at radius 3 is 3.18 bits per heavy atom. The number of aromatic nitrogens is 2. The number of nitrogens with one attached hydrogen (secondary N) is 1. The molecule has 1 amide bonds. The molecule has 2 aromatic rings. The second-order valence-electron chi connectivity index (χ2n) is 4.87. The van der Waals surface area contributed by atoms with Crippen LogP contribution < -0.4 is 10.1 Å². The third kappa shape index (κ3) is 3.37. The number of rotatable bonds is 5. The van der Waals surface area contributed by atoms with Crippen LogP contribution in [-0.2, 0) is 4.79 Å². The zero-order valence-electron chi connectivity index (χ0n) is 11.7. The van der Waals surface area contributed by atoms with Gasteiger partial charge in [-0.05, 0) is 12.1 Å². The Bertz CT molecular complexity index is 624. The first-order valence-electron chi connectivity index (χ1n) is 6.86. The highest BCUT2D eigenvalue weighted by atomic mass is 35.5. The van der Waals surface area contributed by atoms with Crippen molar-refractivity contribution in [2.75, 3.05) is 19.7 Å². The van der Waals surface area contributed by atoms with E-state index >= 15 is 0 Å². The number of carbonyl (C=O) groups is 1. The number of carbonyl (C=O) groups excluding carboxylic acids is 1. The second-order valence-corrected chi connectivity index (χ2v) is 6.31.